The van der Waals surface area contributed by atoms with E-state index in [9.17, 15) is 4.79 Å². The molecular formula is C23H28N2OS. The Balaban J connectivity index is 2.03. The normalized spacial score (nSPS) is 12.7. The van der Waals surface area contributed by atoms with Crippen molar-refractivity contribution in [1.29, 1.82) is 0 Å². The van der Waals surface area contributed by atoms with Gasteiger partial charge in [0.05, 0.1) is 10.2 Å². The average molecular weight is 381 g/mol. The van der Waals surface area contributed by atoms with E-state index in [1.165, 1.54) is 15.8 Å². The number of aryl methyl sites for hydroxylation is 2. The summed E-state index contributed by atoms with van der Waals surface area (Å²) in [5.41, 5.74) is 4.40. The predicted molar refractivity (Wildman–Crippen MR) is 115 cm³/mol. The van der Waals surface area contributed by atoms with Crippen LogP contribution in [0.4, 0.5) is 0 Å². The highest BCUT2D eigenvalue weighted by atomic mass is 32.1. The van der Waals surface area contributed by atoms with Crippen LogP contribution in [0.25, 0.3) is 10.2 Å². The SMILES string of the molecule is CCCn1c(=NC(=O)c2ccc(C(C)(C)C)cc2)sc2cc(CC)ccc21. The van der Waals surface area contributed by atoms with Crippen LogP contribution in [0, 0.1) is 0 Å². The zero-order valence-electron chi connectivity index (χ0n) is 16.9. The first-order valence-corrected chi connectivity index (χ1v) is 10.5. The molecule has 0 radical (unpaired) electrons. The van der Waals surface area contributed by atoms with Crippen molar-refractivity contribution in [1.82, 2.24) is 4.57 Å². The zero-order valence-corrected chi connectivity index (χ0v) is 17.7. The van der Waals surface area contributed by atoms with Gasteiger partial charge in [0.15, 0.2) is 4.80 Å². The number of carbonyl (C=O) groups excluding carboxylic acids is 1. The van der Waals surface area contributed by atoms with Crippen LogP contribution in [-0.2, 0) is 18.4 Å². The fourth-order valence-electron chi connectivity index (χ4n) is 3.13. The summed E-state index contributed by atoms with van der Waals surface area (Å²) in [5.74, 6) is -0.178. The number of carbonyl (C=O) groups is 1. The molecule has 0 aliphatic rings. The summed E-state index contributed by atoms with van der Waals surface area (Å²) in [7, 11) is 0. The molecular weight excluding hydrogens is 352 g/mol. The van der Waals surface area contributed by atoms with Gasteiger partial charge < -0.3 is 4.57 Å². The number of amides is 1. The molecule has 3 nitrogen and oxygen atoms in total. The van der Waals surface area contributed by atoms with Crippen LogP contribution >= 0.6 is 11.3 Å². The summed E-state index contributed by atoms with van der Waals surface area (Å²) < 4.78 is 3.36. The number of thiazole rings is 1. The Bertz CT molecular complexity index is 1020. The number of rotatable bonds is 4. The average Bonchev–Trinajstić information content (AvgIpc) is 2.97. The third-order valence-electron chi connectivity index (χ3n) is 4.80. The number of benzene rings is 2. The second kappa shape index (κ2) is 7.81. The van der Waals surface area contributed by atoms with Gasteiger partial charge in [-0.05, 0) is 53.6 Å². The monoisotopic (exact) mass is 380 g/mol. The predicted octanol–water partition coefficient (Wildman–Crippen LogP) is 5.71. The number of aromatic nitrogens is 1. The van der Waals surface area contributed by atoms with Gasteiger partial charge in [0.1, 0.15) is 0 Å². The van der Waals surface area contributed by atoms with Crippen molar-refractivity contribution >= 4 is 27.5 Å². The fourth-order valence-corrected chi connectivity index (χ4v) is 4.24. The summed E-state index contributed by atoms with van der Waals surface area (Å²) in [6.45, 7) is 11.7. The molecule has 27 heavy (non-hydrogen) atoms. The molecule has 0 aliphatic heterocycles. The van der Waals surface area contributed by atoms with Crippen molar-refractivity contribution in [3.05, 3.63) is 64.0 Å². The minimum Gasteiger partial charge on any atom is -0.316 e. The molecule has 0 atom stereocenters. The number of fused-ring (bicyclic) bond motifs is 1. The number of hydrogen-bond acceptors (Lipinski definition) is 2. The first-order chi connectivity index (χ1) is 12.8. The largest absolute Gasteiger partial charge is 0.316 e. The van der Waals surface area contributed by atoms with Crippen LogP contribution in [0.15, 0.2) is 47.5 Å². The third kappa shape index (κ3) is 4.22. The Morgan fingerprint density at radius 2 is 1.78 bits per heavy atom. The minimum atomic E-state index is -0.178. The Morgan fingerprint density at radius 3 is 2.37 bits per heavy atom. The molecule has 0 bridgehead atoms. The third-order valence-corrected chi connectivity index (χ3v) is 5.84. The van der Waals surface area contributed by atoms with Gasteiger partial charge in [0.25, 0.3) is 5.91 Å². The molecule has 3 rings (SSSR count). The maximum Gasteiger partial charge on any atom is 0.279 e. The molecule has 0 spiro atoms. The van der Waals surface area contributed by atoms with Crippen LogP contribution < -0.4 is 4.80 Å². The van der Waals surface area contributed by atoms with E-state index in [4.69, 9.17) is 0 Å². The minimum absolute atomic E-state index is 0.0747. The lowest BCUT2D eigenvalue weighted by Gasteiger charge is -2.18. The lowest BCUT2D eigenvalue weighted by atomic mass is 9.87. The molecule has 1 heterocycles. The Labute approximate surface area is 165 Å². The van der Waals surface area contributed by atoms with Crippen molar-refractivity contribution in [2.75, 3.05) is 0 Å². The highest BCUT2D eigenvalue weighted by molar-refractivity contribution is 7.16. The van der Waals surface area contributed by atoms with Gasteiger partial charge in [0, 0.05) is 12.1 Å². The molecule has 0 unspecified atom stereocenters. The van der Waals surface area contributed by atoms with E-state index in [0.717, 1.165) is 29.7 Å². The summed E-state index contributed by atoms with van der Waals surface area (Å²) in [6, 6.07) is 14.4. The summed E-state index contributed by atoms with van der Waals surface area (Å²) >= 11 is 1.60. The van der Waals surface area contributed by atoms with E-state index >= 15 is 0 Å². The molecule has 0 saturated heterocycles. The number of hydrogen-bond donors (Lipinski definition) is 0. The van der Waals surface area contributed by atoms with E-state index in [-0.39, 0.29) is 11.3 Å². The molecule has 1 aromatic heterocycles. The highest BCUT2D eigenvalue weighted by Crippen LogP contribution is 2.23. The summed E-state index contributed by atoms with van der Waals surface area (Å²) in [6.07, 6.45) is 2.01. The molecule has 142 valence electrons. The zero-order chi connectivity index (χ0) is 19.6. The van der Waals surface area contributed by atoms with Gasteiger partial charge in [-0.3, -0.25) is 4.79 Å². The molecule has 1 amide bonds. The van der Waals surface area contributed by atoms with Gasteiger partial charge in [-0.1, -0.05) is 64.2 Å². The van der Waals surface area contributed by atoms with Crippen LogP contribution in [0.3, 0.4) is 0 Å². The number of nitrogens with zero attached hydrogens (tertiary/aromatic N) is 2. The molecule has 0 aliphatic carbocycles. The second-order valence-corrected chi connectivity index (χ2v) is 8.95. The van der Waals surface area contributed by atoms with Crippen LogP contribution in [0.5, 0.6) is 0 Å². The van der Waals surface area contributed by atoms with Crippen molar-refractivity contribution in [3.8, 4) is 0 Å². The second-order valence-electron chi connectivity index (χ2n) is 7.94. The van der Waals surface area contributed by atoms with Crippen molar-refractivity contribution < 1.29 is 4.79 Å². The Hall–Kier alpha value is -2.20. The highest BCUT2D eigenvalue weighted by Gasteiger charge is 2.14. The molecule has 0 saturated carbocycles. The van der Waals surface area contributed by atoms with Crippen molar-refractivity contribution in [2.45, 2.75) is 59.4 Å². The van der Waals surface area contributed by atoms with Gasteiger partial charge in [0.2, 0.25) is 0 Å². The Morgan fingerprint density at radius 1 is 1.07 bits per heavy atom. The smallest absolute Gasteiger partial charge is 0.279 e. The van der Waals surface area contributed by atoms with Gasteiger partial charge >= 0.3 is 0 Å². The van der Waals surface area contributed by atoms with E-state index in [2.05, 4.69) is 62.4 Å². The van der Waals surface area contributed by atoms with Crippen LogP contribution in [-0.4, -0.2) is 10.5 Å². The first-order valence-electron chi connectivity index (χ1n) is 9.65. The van der Waals surface area contributed by atoms with Gasteiger partial charge in [-0.15, -0.1) is 0 Å². The maximum absolute atomic E-state index is 12.8. The van der Waals surface area contributed by atoms with E-state index < -0.39 is 0 Å². The molecule has 0 fully saturated rings. The van der Waals surface area contributed by atoms with Crippen LogP contribution in [0.1, 0.15) is 62.5 Å². The lowest BCUT2D eigenvalue weighted by molar-refractivity contribution is 0.0997. The van der Waals surface area contributed by atoms with Crippen molar-refractivity contribution in [2.24, 2.45) is 4.99 Å². The summed E-state index contributed by atoms with van der Waals surface area (Å²) in [5, 5.41) is 0. The summed E-state index contributed by atoms with van der Waals surface area (Å²) in [4.78, 5) is 18.0. The first kappa shape index (κ1) is 19.6. The quantitative estimate of drug-likeness (QED) is 0.570. The Kier molecular flexibility index (Phi) is 5.66. The lowest BCUT2D eigenvalue weighted by Crippen LogP contribution is -2.17. The molecule has 2 aromatic carbocycles. The fraction of sp³-hybridized carbons (Fsp3) is 0.391. The van der Waals surface area contributed by atoms with Gasteiger partial charge in [-0.2, -0.15) is 4.99 Å². The van der Waals surface area contributed by atoms with Crippen molar-refractivity contribution in [3.63, 3.8) is 0 Å². The topological polar surface area (TPSA) is 34.4 Å². The van der Waals surface area contributed by atoms with Crippen LogP contribution in [0.2, 0.25) is 0 Å². The van der Waals surface area contributed by atoms with Gasteiger partial charge in [-0.25, -0.2) is 0 Å². The molecule has 4 heteroatoms. The van der Waals surface area contributed by atoms with E-state index in [0.29, 0.717) is 5.56 Å². The van der Waals surface area contributed by atoms with E-state index in [1.54, 1.807) is 11.3 Å². The molecule has 3 aromatic rings. The maximum atomic E-state index is 12.8. The molecule has 0 N–H and O–H groups in total. The van der Waals surface area contributed by atoms with E-state index in [1.807, 2.05) is 24.3 Å². The standard InChI is InChI=1S/C23H28N2OS/c1-6-14-25-19-13-8-16(7-2)15-20(19)27-22(25)24-21(26)17-9-11-18(12-10-17)23(3,4)5/h8-13,15H,6-7,14H2,1-5H3.